The second kappa shape index (κ2) is 7.61. The van der Waals surface area contributed by atoms with Crippen LogP contribution in [0.2, 0.25) is 0 Å². The maximum atomic E-state index is 13.2. The first-order valence-corrected chi connectivity index (χ1v) is 11.4. The molecule has 172 valence electrons. The summed E-state index contributed by atoms with van der Waals surface area (Å²) in [6, 6.07) is 15.4. The zero-order valence-corrected chi connectivity index (χ0v) is 18.8. The van der Waals surface area contributed by atoms with Gasteiger partial charge in [0.15, 0.2) is 0 Å². The number of nitrogens with one attached hydrogen (secondary N) is 1. The number of benzene rings is 2. The quantitative estimate of drug-likeness (QED) is 0.701. The number of carbonyl (C=O) groups excluding carboxylic acids is 2. The lowest BCUT2D eigenvalue weighted by Crippen LogP contribution is -2.59. The molecule has 2 aromatic rings. The minimum atomic E-state index is -1.14. The van der Waals surface area contributed by atoms with E-state index in [4.69, 9.17) is 4.74 Å². The third kappa shape index (κ3) is 3.29. The molecule has 7 heteroatoms. The summed E-state index contributed by atoms with van der Waals surface area (Å²) in [6.45, 7) is 4.36. The lowest BCUT2D eigenvalue weighted by Gasteiger charge is -2.43. The Hall–Kier alpha value is -3.35. The van der Waals surface area contributed by atoms with Gasteiger partial charge in [0, 0.05) is 12.5 Å². The van der Waals surface area contributed by atoms with E-state index in [1.54, 1.807) is 6.92 Å². The van der Waals surface area contributed by atoms with Crippen LogP contribution >= 0.6 is 0 Å². The lowest BCUT2D eigenvalue weighted by atomic mass is 9.63. The minimum absolute atomic E-state index is 0.0695. The third-order valence-electron chi connectivity index (χ3n) is 7.50. The van der Waals surface area contributed by atoms with Crippen LogP contribution in [0.25, 0.3) is 11.1 Å². The van der Waals surface area contributed by atoms with Crippen LogP contribution in [0.4, 0.5) is 4.79 Å². The normalized spacial score (nSPS) is 25.6. The number of nitrogens with zero attached hydrogens (tertiary/aromatic N) is 1. The Labute approximate surface area is 192 Å². The Morgan fingerprint density at radius 2 is 1.67 bits per heavy atom. The highest BCUT2D eigenvalue weighted by Gasteiger charge is 2.69. The lowest BCUT2D eigenvalue weighted by molar-refractivity contribution is -0.160. The van der Waals surface area contributed by atoms with Gasteiger partial charge in [-0.1, -0.05) is 62.4 Å². The molecule has 3 fully saturated rings. The van der Waals surface area contributed by atoms with E-state index in [0.29, 0.717) is 25.8 Å². The predicted molar refractivity (Wildman–Crippen MR) is 122 cm³/mol. The Kier molecular flexibility index (Phi) is 4.96. The van der Waals surface area contributed by atoms with Gasteiger partial charge in [-0.15, -0.1) is 0 Å². The van der Waals surface area contributed by atoms with Crippen LogP contribution in [0.5, 0.6) is 0 Å². The number of alkyl carbamates (subject to hydrolysis) is 1. The molecular formula is C26H28N2O5. The van der Waals surface area contributed by atoms with Crippen LogP contribution in [-0.4, -0.2) is 52.7 Å². The molecular weight excluding hydrogens is 420 g/mol. The van der Waals surface area contributed by atoms with Gasteiger partial charge in [-0.3, -0.25) is 4.79 Å². The molecule has 2 heterocycles. The first-order chi connectivity index (χ1) is 15.8. The molecule has 2 N–H and O–H groups in total. The second-order valence-electron chi connectivity index (χ2n) is 9.86. The Balaban J connectivity index is 1.26. The average Bonchev–Trinajstić information content (AvgIpc) is 3.39. The smallest absolute Gasteiger partial charge is 0.407 e. The molecule has 33 heavy (non-hydrogen) atoms. The van der Waals surface area contributed by atoms with Gasteiger partial charge in [0.05, 0.1) is 0 Å². The Bertz CT molecular complexity index is 1090. The highest BCUT2D eigenvalue weighted by Crippen LogP contribution is 2.59. The van der Waals surface area contributed by atoms with Crippen LogP contribution in [0, 0.1) is 5.41 Å². The molecule has 0 radical (unpaired) electrons. The number of carboxylic acids is 1. The molecule has 2 saturated heterocycles. The molecule has 7 nitrogen and oxygen atoms in total. The summed E-state index contributed by atoms with van der Waals surface area (Å²) in [7, 11) is 0. The van der Waals surface area contributed by atoms with Gasteiger partial charge in [-0.05, 0) is 46.9 Å². The standard InChI is InChI=1S/C26H28N2O5/c1-3-21(22(29)28-15-25(2)13-26(28,14-25)23(30)31)27-24(32)33-12-20-18-10-6-4-8-16(18)17-9-5-7-11-19(17)20/h4-11,20-21H,3,12-15H2,1-2H3,(H,27,32)(H,30,31). The number of carboxylic acid groups (broad SMARTS) is 1. The van der Waals surface area contributed by atoms with E-state index in [9.17, 15) is 19.5 Å². The summed E-state index contributed by atoms with van der Waals surface area (Å²) in [4.78, 5) is 39.2. The van der Waals surface area contributed by atoms with E-state index in [1.807, 2.05) is 43.3 Å². The molecule has 0 aromatic heterocycles. The van der Waals surface area contributed by atoms with Crippen molar-refractivity contribution in [1.29, 1.82) is 0 Å². The minimum Gasteiger partial charge on any atom is -0.479 e. The monoisotopic (exact) mass is 448 g/mol. The fourth-order valence-electron chi connectivity index (χ4n) is 6.06. The van der Waals surface area contributed by atoms with Crippen molar-refractivity contribution in [3.8, 4) is 11.1 Å². The van der Waals surface area contributed by atoms with Gasteiger partial charge >= 0.3 is 12.1 Å². The SMILES string of the molecule is CCC(NC(=O)OCC1c2ccccc2-c2ccccc21)C(=O)N1CC2(C)CC1(C(=O)O)C2. The van der Waals surface area contributed by atoms with Crippen LogP contribution in [0.15, 0.2) is 48.5 Å². The summed E-state index contributed by atoms with van der Waals surface area (Å²) in [5, 5.41) is 12.4. The van der Waals surface area contributed by atoms with Crippen molar-refractivity contribution in [2.45, 2.75) is 50.6 Å². The van der Waals surface area contributed by atoms with Crippen molar-refractivity contribution in [1.82, 2.24) is 10.2 Å². The van der Waals surface area contributed by atoms with Crippen molar-refractivity contribution < 1.29 is 24.2 Å². The maximum absolute atomic E-state index is 13.2. The highest BCUT2D eigenvalue weighted by atomic mass is 16.5. The largest absolute Gasteiger partial charge is 0.479 e. The van der Waals surface area contributed by atoms with E-state index in [0.717, 1.165) is 22.3 Å². The molecule has 2 aromatic carbocycles. The van der Waals surface area contributed by atoms with Crippen molar-refractivity contribution in [2.24, 2.45) is 5.41 Å². The molecule has 0 spiro atoms. The van der Waals surface area contributed by atoms with E-state index in [-0.39, 0.29) is 23.8 Å². The van der Waals surface area contributed by atoms with E-state index in [2.05, 4.69) is 17.4 Å². The zero-order valence-electron chi connectivity index (χ0n) is 18.8. The van der Waals surface area contributed by atoms with Crippen LogP contribution in [0.3, 0.4) is 0 Å². The summed E-state index contributed by atoms with van der Waals surface area (Å²) >= 11 is 0. The van der Waals surface area contributed by atoms with Gasteiger partial charge in [0.2, 0.25) is 5.91 Å². The maximum Gasteiger partial charge on any atom is 0.407 e. The summed E-state index contributed by atoms with van der Waals surface area (Å²) in [5.74, 6) is -1.39. The van der Waals surface area contributed by atoms with Gasteiger partial charge in [0.1, 0.15) is 18.2 Å². The predicted octanol–water partition coefficient (Wildman–Crippen LogP) is 3.77. The molecule has 1 atom stereocenters. The number of hydrogen-bond acceptors (Lipinski definition) is 4. The molecule has 2 aliphatic heterocycles. The fourth-order valence-corrected chi connectivity index (χ4v) is 6.06. The van der Waals surface area contributed by atoms with Crippen LogP contribution in [-0.2, 0) is 14.3 Å². The van der Waals surface area contributed by atoms with Gasteiger partial charge in [0.25, 0.3) is 0 Å². The number of aliphatic carboxylic acids is 1. The summed E-state index contributed by atoms with van der Waals surface area (Å²) in [6.07, 6.45) is 0.607. The number of rotatable bonds is 6. The topological polar surface area (TPSA) is 95.9 Å². The van der Waals surface area contributed by atoms with Gasteiger partial charge in [-0.25, -0.2) is 9.59 Å². The Morgan fingerprint density at radius 3 is 2.21 bits per heavy atom. The fraction of sp³-hybridized carbons (Fsp3) is 0.423. The van der Waals surface area contributed by atoms with Crippen molar-refractivity contribution >= 4 is 18.0 Å². The number of fused-ring (bicyclic) bond motifs is 4. The van der Waals surface area contributed by atoms with Crippen molar-refractivity contribution in [2.75, 3.05) is 13.2 Å². The van der Waals surface area contributed by atoms with Crippen molar-refractivity contribution in [3.63, 3.8) is 0 Å². The van der Waals surface area contributed by atoms with E-state index >= 15 is 0 Å². The zero-order chi connectivity index (χ0) is 23.4. The number of ether oxygens (including phenoxy) is 1. The van der Waals surface area contributed by atoms with Gasteiger partial charge < -0.3 is 20.1 Å². The van der Waals surface area contributed by atoms with Crippen molar-refractivity contribution in [3.05, 3.63) is 59.7 Å². The number of hydrogen-bond donors (Lipinski definition) is 2. The molecule has 4 aliphatic rings. The average molecular weight is 449 g/mol. The molecule has 1 saturated carbocycles. The second-order valence-corrected chi connectivity index (χ2v) is 9.86. The van der Waals surface area contributed by atoms with E-state index in [1.165, 1.54) is 4.90 Å². The first-order valence-electron chi connectivity index (χ1n) is 11.4. The Morgan fingerprint density at radius 1 is 1.09 bits per heavy atom. The summed E-state index contributed by atoms with van der Waals surface area (Å²) in [5.41, 5.74) is 3.22. The van der Waals surface area contributed by atoms with Crippen LogP contribution < -0.4 is 5.32 Å². The molecule has 1 unspecified atom stereocenters. The summed E-state index contributed by atoms with van der Waals surface area (Å²) < 4.78 is 5.58. The highest BCUT2D eigenvalue weighted by molar-refractivity contribution is 5.93. The van der Waals surface area contributed by atoms with Crippen LogP contribution in [0.1, 0.15) is 50.2 Å². The van der Waals surface area contributed by atoms with E-state index < -0.39 is 23.6 Å². The molecule has 2 bridgehead atoms. The molecule has 6 rings (SSSR count). The molecule has 2 aliphatic carbocycles. The number of carbonyl (C=O) groups is 3. The van der Waals surface area contributed by atoms with Gasteiger partial charge in [-0.2, -0.15) is 0 Å². The third-order valence-corrected chi connectivity index (χ3v) is 7.50. The number of amides is 2. The first kappa shape index (κ1) is 21.5. The molecule has 2 amide bonds.